The van der Waals surface area contributed by atoms with Crippen molar-refractivity contribution in [3.63, 3.8) is 0 Å². The first-order chi connectivity index (χ1) is 7.99. The number of nitrogens with zero attached hydrogens (tertiary/aromatic N) is 2. The fraction of sp³-hybridized carbons (Fsp3) is 0.167. The molecule has 0 spiro atoms. The van der Waals surface area contributed by atoms with E-state index in [0.717, 1.165) is 5.57 Å². The molecule has 0 radical (unpaired) electrons. The number of hydrogen-bond acceptors (Lipinski definition) is 2. The van der Waals surface area contributed by atoms with E-state index in [1.54, 1.807) is 12.1 Å². The van der Waals surface area contributed by atoms with Crippen LogP contribution >= 0.6 is 23.2 Å². The van der Waals surface area contributed by atoms with Crippen LogP contribution in [-0.2, 0) is 6.54 Å². The van der Waals surface area contributed by atoms with E-state index in [2.05, 4.69) is 11.6 Å². The van der Waals surface area contributed by atoms with Gasteiger partial charge in [0.25, 0.3) is 5.56 Å². The topological polar surface area (TPSA) is 34.9 Å². The summed E-state index contributed by atoms with van der Waals surface area (Å²) >= 11 is 11.9. The van der Waals surface area contributed by atoms with Crippen LogP contribution in [-0.4, -0.2) is 9.55 Å². The average Bonchev–Trinajstić information content (AvgIpc) is 2.22. The molecule has 0 N–H and O–H groups in total. The molecule has 3 nitrogen and oxygen atoms in total. The maximum absolute atomic E-state index is 12.1. The fourth-order valence-corrected chi connectivity index (χ4v) is 2.14. The zero-order valence-electron chi connectivity index (χ0n) is 9.20. The Labute approximate surface area is 108 Å². The Bertz CT molecular complexity index is 661. The van der Waals surface area contributed by atoms with Crippen molar-refractivity contribution in [2.75, 3.05) is 0 Å². The third kappa shape index (κ3) is 2.35. The Balaban J connectivity index is 2.75. The highest BCUT2D eigenvalue weighted by Gasteiger charge is 2.08. The highest BCUT2D eigenvalue weighted by atomic mass is 35.5. The van der Waals surface area contributed by atoms with E-state index < -0.39 is 0 Å². The van der Waals surface area contributed by atoms with Gasteiger partial charge in [-0.25, -0.2) is 4.98 Å². The van der Waals surface area contributed by atoms with E-state index in [1.165, 1.54) is 10.9 Å². The Morgan fingerprint density at radius 3 is 2.82 bits per heavy atom. The lowest BCUT2D eigenvalue weighted by Gasteiger charge is -2.07. The summed E-state index contributed by atoms with van der Waals surface area (Å²) in [7, 11) is 0. The van der Waals surface area contributed by atoms with Gasteiger partial charge in [-0.05, 0) is 19.1 Å². The molecule has 0 bridgehead atoms. The van der Waals surface area contributed by atoms with Crippen molar-refractivity contribution in [3.05, 3.63) is 51.0 Å². The maximum Gasteiger partial charge on any atom is 0.261 e. The van der Waals surface area contributed by atoms with E-state index >= 15 is 0 Å². The Morgan fingerprint density at radius 2 is 2.18 bits per heavy atom. The summed E-state index contributed by atoms with van der Waals surface area (Å²) in [6.07, 6.45) is 1.47. The van der Waals surface area contributed by atoms with Gasteiger partial charge in [-0.15, -0.1) is 0 Å². The molecule has 0 aliphatic rings. The number of benzene rings is 1. The molecule has 0 saturated carbocycles. The quantitative estimate of drug-likeness (QED) is 0.784. The minimum absolute atomic E-state index is 0.164. The van der Waals surface area contributed by atoms with E-state index in [9.17, 15) is 4.79 Å². The molecule has 0 aliphatic heterocycles. The van der Waals surface area contributed by atoms with E-state index in [-0.39, 0.29) is 5.56 Å². The SMILES string of the molecule is C=C(C)Cn1cnc2c(Cl)cc(Cl)cc2c1=O. The Kier molecular flexibility index (Phi) is 3.22. The molecule has 5 heteroatoms. The van der Waals surface area contributed by atoms with Gasteiger partial charge in [0, 0.05) is 11.6 Å². The molecule has 2 aromatic rings. The molecule has 1 heterocycles. The summed E-state index contributed by atoms with van der Waals surface area (Å²) in [5.74, 6) is 0. The molecule has 0 atom stereocenters. The van der Waals surface area contributed by atoms with Crippen molar-refractivity contribution < 1.29 is 0 Å². The van der Waals surface area contributed by atoms with Gasteiger partial charge in [-0.2, -0.15) is 0 Å². The largest absolute Gasteiger partial charge is 0.295 e. The molecule has 88 valence electrons. The number of rotatable bonds is 2. The van der Waals surface area contributed by atoms with Crippen molar-refractivity contribution >= 4 is 34.1 Å². The first kappa shape index (κ1) is 12.1. The molecule has 0 saturated heterocycles. The predicted octanol–water partition coefficient (Wildman–Crippen LogP) is 3.28. The standard InChI is InChI=1S/C12H10Cl2N2O/c1-7(2)5-16-6-15-11-9(12(16)17)3-8(13)4-10(11)14/h3-4,6H,1,5H2,2H3. The summed E-state index contributed by atoms with van der Waals surface area (Å²) in [6, 6.07) is 3.15. The van der Waals surface area contributed by atoms with E-state index in [0.29, 0.717) is 27.5 Å². The lowest BCUT2D eigenvalue weighted by Crippen LogP contribution is -2.21. The minimum atomic E-state index is -0.164. The summed E-state index contributed by atoms with van der Waals surface area (Å²) < 4.78 is 1.48. The molecule has 0 amide bonds. The van der Waals surface area contributed by atoms with Gasteiger partial charge in [0.1, 0.15) is 0 Å². The summed E-state index contributed by atoms with van der Waals surface area (Å²) in [4.78, 5) is 16.3. The Morgan fingerprint density at radius 1 is 1.47 bits per heavy atom. The highest BCUT2D eigenvalue weighted by molar-refractivity contribution is 6.38. The lowest BCUT2D eigenvalue weighted by atomic mass is 10.2. The fourth-order valence-electron chi connectivity index (χ4n) is 1.60. The molecule has 1 aromatic heterocycles. The second-order valence-corrected chi connectivity index (χ2v) is 4.76. The zero-order valence-corrected chi connectivity index (χ0v) is 10.7. The number of halogens is 2. The first-order valence-electron chi connectivity index (χ1n) is 4.97. The van der Waals surface area contributed by atoms with E-state index in [4.69, 9.17) is 23.2 Å². The number of allylic oxidation sites excluding steroid dienone is 1. The second-order valence-electron chi connectivity index (χ2n) is 3.92. The molecule has 0 aliphatic carbocycles. The van der Waals surface area contributed by atoms with E-state index in [1.807, 2.05) is 6.92 Å². The summed E-state index contributed by atoms with van der Waals surface area (Å²) in [6.45, 7) is 6.05. The van der Waals surface area contributed by atoms with Crippen molar-refractivity contribution in [1.29, 1.82) is 0 Å². The second kappa shape index (κ2) is 4.51. The van der Waals surface area contributed by atoms with Crippen LogP contribution in [0.15, 0.2) is 35.4 Å². The van der Waals surface area contributed by atoms with Crippen molar-refractivity contribution in [2.24, 2.45) is 0 Å². The number of fused-ring (bicyclic) bond motifs is 1. The van der Waals surface area contributed by atoms with Crippen LogP contribution in [0.1, 0.15) is 6.92 Å². The van der Waals surface area contributed by atoms with Gasteiger partial charge in [0.2, 0.25) is 0 Å². The molecule has 1 aromatic carbocycles. The summed E-state index contributed by atoms with van der Waals surface area (Å²) in [5.41, 5.74) is 1.18. The van der Waals surface area contributed by atoms with Crippen molar-refractivity contribution in [2.45, 2.75) is 13.5 Å². The van der Waals surface area contributed by atoms with Gasteiger partial charge in [-0.3, -0.25) is 9.36 Å². The van der Waals surface area contributed by atoms with Crippen LogP contribution in [0.3, 0.4) is 0 Å². The minimum Gasteiger partial charge on any atom is -0.295 e. The zero-order chi connectivity index (χ0) is 12.6. The van der Waals surface area contributed by atoms with Gasteiger partial charge >= 0.3 is 0 Å². The lowest BCUT2D eigenvalue weighted by molar-refractivity contribution is 0.738. The number of aromatic nitrogens is 2. The molecule has 2 rings (SSSR count). The van der Waals surface area contributed by atoms with Gasteiger partial charge in [0.05, 0.1) is 22.3 Å². The van der Waals surface area contributed by atoms with Crippen LogP contribution in [0.4, 0.5) is 0 Å². The molecule has 0 fully saturated rings. The van der Waals surface area contributed by atoms with Crippen molar-refractivity contribution in [3.8, 4) is 0 Å². The van der Waals surface area contributed by atoms with Crippen LogP contribution < -0.4 is 5.56 Å². The van der Waals surface area contributed by atoms with Crippen LogP contribution in [0.5, 0.6) is 0 Å². The monoisotopic (exact) mass is 268 g/mol. The van der Waals surface area contributed by atoms with Crippen molar-refractivity contribution in [1.82, 2.24) is 9.55 Å². The molecular weight excluding hydrogens is 259 g/mol. The number of hydrogen-bond donors (Lipinski definition) is 0. The third-order valence-corrected chi connectivity index (χ3v) is 2.79. The van der Waals surface area contributed by atoms with Crippen LogP contribution in [0.2, 0.25) is 10.0 Å². The van der Waals surface area contributed by atoms with Gasteiger partial charge < -0.3 is 0 Å². The summed E-state index contributed by atoms with van der Waals surface area (Å²) in [5, 5.41) is 1.23. The first-order valence-corrected chi connectivity index (χ1v) is 5.73. The molecule has 0 unspecified atom stereocenters. The van der Waals surface area contributed by atoms with Crippen LogP contribution in [0, 0.1) is 0 Å². The van der Waals surface area contributed by atoms with Gasteiger partial charge in [0.15, 0.2) is 0 Å². The molecular formula is C12H10Cl2N2O. The maximum atomic E-state index is 12.1. The third-order valence-electron chi connectivity index (χ3n) is 2.29. The van der Waals surface area contributed by atoms with Gasteiger partial charge in [-0.1, -0.05) is 35.4 Å². The highest BCUT2D eigenvalue weighted by Crippen LogP contribution is 2.23. The smallest absolute Gasteiger partial charge is 0.261 e. The average molecular weight is 269 g/mol. The normalized spacial score (nSPS) is 10.8. The molecule has 17 heavy (non-hydrogen) atoms. The predicted molar refractivity (Wildman–Crippen MR) is 70.8 cm³/mol. The Hall–Kier alpha value is -1.32. The van der Waals surface area contributed by atoms with Crippen LogP contribution in [0.25, 0.3) is 10.9 Å².